The van der Waals surface area contributed by atoms with Crippen LogP contribution in [-0.2, 0) is 12.1 Å². The minimum absolute atomic E-state index is 0.562. The summed E-state index contributed by atoms with van der Waals surface area (Å²) in [5.74, 6) is 0. The third-order valence-corrected chi connectivity index (χ3v) is 4.04. The summed E-state index contributed by atoms with van der Waals surface area (Å²) in [5.41, 5.74) is 0.836. The van der Waals surface area contributed by atoms with Gasteiger partial charge < -0.3 is 5.11 Å². The van der Waals surface area contributed by atoms with E-state index in [4.69, 9.17) is 0 Å². The molecule has 2 aromatic rings. The van der Waals surface area contributed by atoms with Crippen LogP contribution in [-0.4, -0.2) is 43.5 Å². The smallest absolute Gasteiger partial charge is 0.123 e. The molecule has 1 aliphatic rings. The van der Waals surface area contributed by atoms with Crippen LogP contribution in [0.15, 0.2) is 29.1 Å². The van der Waals surface area contributed by atoms with Gasteiger partial charge in [-0.3, -0.25) is 9.88 Å². The zero-order chi connectivity index (χ0) is 14.0. The number of β-amino-alcohol motifs (C(OH)–C–C–N with tert-alkyl or cyclic N) is 1. The summed E-state index contributed by atoms with van der Waals surface area (Å²) in [6, 6.07) is 2.05. The highest BCUT2D eigenvalue weighted by Gasteiger charge is 2.37. The maximum absolute atomic E-state index is 10.7. The Labute approximate surface area is 125 Å². The first-order chi connectivity index (χ1) is 9.66. The van der Waals surface area contributed by atoms with E-state index < -0.39 is 5.60 Å². The Balaban J connectivity index is 1.72. The second kappa shape index (κ2) is 5.59. The number of aromatic nitrogens is 4. The minimum atomic E-state index is -0.912. The second-order valence-corrected chi connectivity index (χ2v) is 6.13. The third-order valence-electron chi connectivity index (χ3n) is 3.61. The van der Waals surface area contributed by atoms with Crippen LogP contribution < -0.4 is 0 Å². The molecule has 0 bridgehead atoms. The van der Waals surface area contributed by atoms with Crippen molar-refractivity contribution in [3.8, 4) is 0 Å². The lowest BCUT2D eigenvalue weighted by Crippen LogP contribution is -2.45. The lowest BCUT2D eigenvalue weighted by Gasteiger charge is -2.37. The van der Waals surface area contributed by atoms with E-state index in [0.29, 0.717) is 18.7 Å². The zero-order valence-corrected chi connectivity index (χ0v) is 12.5. The van der Waals surface area contributed by atoms with E-state index >= 15 is 0 Å². The Hall–Kier alpha value is -1.31. The molecule has 20 heavy (non-hydrogen) atoms. The summed E-state index contributed by atoms with van der Waals surface area (Å²) in [5, 5.41) is 21.1. The van der Waals surface area contributed by atoms with Gasteiger partial charge in [0.25, 0.3) is 0 Å². The van der Waals surface area contributed by atoms with E-state index in [2.05, 4.69) is 47.3 Å². The van der Waals surface area contributed by atoms with Crippen LogP contribution in [0.25, 0.3) is 0 Å². The quantitative estimate of drug-likeness (QED) is 0.886. The number of rotatable bonds is 3. The molecule has 2 N–H and O–H groups in total. The van der Waals surface area contributed by atoms with Crippen LogP contribution in [0.2, 0.25) is 0 Å². The van der Waals surface area contributed by atoms with Gasteiger partial charge in [-0.1, -0.05) is 0 Å². The summed E-state index contributed by atoms with van der Waals surface area (Å²) in [6.45, 7) is 2.30. The molecule has 0 amide bonds. The van der Waals surface area contributed by atoms with Crippen LogP contribution in [0.5, 0.6) is 0 Å². The number of pyridine rings is 1. The maximum Gasteiger partial charge on any atom is 0.123 e. The van der Waals surface area contributed by atoms with Crippen molar-refractivity contribution in [2.45, 2.75) is 25.0 Å². The monoisotopic (exact) mass is 337 g/mol. The largest absolute Gasteiger partial charge is 0.382 e. The molecule has 3 heterocycles. The van der Waals surface area contributed by atoms with Gasteiger partial charge in [0.05, 0.1) is 6.20 Å². The molecule has 3 rings (SSSR count). The second-order valence-electron chi connectivity index (χ2n) is 5.21. The molecular formula is C13H16BrN5O. The van der Waals surface area contributed by atoms with Crippen molar-refractivity contribution in [3.63, 3.8) is 0 Å². The SMILES string of the molecule is OC1(c2cn[nH]n2)CCCN(Cc2cncc(Br)c2)C1. The molecule has 1 atom stereocenters. The summed E-state index contributed by atoms with van der Waals surface area (Å²) in [7, 11) is 0. The van der Waals surface area contributed by atoms with Gasteiger partial charge in [-0.25, -0.2) is 0 Å². The molecule has 2 aromatic heterocycles. The molecule has 0 aromatic carbocycles. The average molecular weight is 338 g/mol. The number of likely N-dealkylation sites (tertiary alicyclic amines) is 1. The van der Waals surface area contributed by atoms with Crippen molar-refractivity contribution in [1.82, 2.24) is 25.3 Å². The first-order valence-corrected chi connectivity index (χ1v) is 7.35. The van der Waals surface area contributed by atoms with Gasteiger partial charge in [-0.05, 0) is 46.9 Å². The lowest BCUT2D eigenvalue weighted by atomic mass is 9.90. The normalized spacial score (nSPS) is 23.9. The number of hydrogen-bond acceptors (Lipinski definition) is 5. The van der Waals surface area contributed by atoms with Crippen LogP contribution in [0.3, 0.4) is 0 Å². The molecule has 1 saturated heterocycles. The van der Waals surface area contributed by atoms with Crippen molar-refractivity contribution in [1.29, 1.82) is 0 Å². The number of nitrogens with zero attached hydrogens (tertiary/aromatic N) is 4. The van der Waals surface area contributed by atoms with Crippen molar-refractivity contribution in [3.05, 3.63) is 40.4 Å². The van der Waals surface area contributed by atoms with Gasteiger partial charge in [0, 0.05) is 30.0 Å². The zero-order valence-electron chi connectivity index (χ0n) is 11.0. The number of aromatic amines is 1. The van der Waals surface area contributed by atoms with Gasteiger partial charge in [0.1, 0.15) is 11.3 Å². The van der Waals surface area contributed by atoms with Crippen LogP contribution in [0.4, 0.5) is 0 Å². The van der Waals surface area contributed by atoms with E-state index in [0.717, 1.165) is 29.5 Å². The lowest BCUT2D eigenvalue weighted by molar-refractivity contribution is -0.0414. The Morgan fingerprint density at radius 1 is 1.40 bits per heavy atom. The molecule has 0 aliphatic carbocycles. The predicted octanol–water partition coefficient (Wildman–Crippen LogP) is 1.45. The summed E-state index contributed by atoms with van der Waals surface area (Å²) >= 11 is 3.43. The standard InChI is InChI=1S/C13H16BrN5O/c14-11-4-10(5-15-6-11)8-19-3-1-2-13(20,9-19)12-7-16-18-17-12/h4-7,20H,1-3,8-9H2,(H,16,17,18). The minimum Gasteiger partial charge on any atom is -0.382 e. The van der Waals surface area contributed by atoms with E-state index in [-0.39, 0.29) is 0 Å². The van der Waals surface area contributed by atoms with Crippen molar-refractivity contribution in [2.24, 2.45) is 0 Å². The van der Waals surface area contributed by atoms with E-state index in [9.17, 15) is 5.11 Å². The molecular weight excluding hydrogens is 322 g/mol. The highest BCUT2D eigenvalue weighted by atomic mass is 79.9. The Bertz CT molecular complexity index is 576. The van der Waals surface area contributed by atoms with Gasteiger partial charge in [0.2, 0.25) is 0 Å². The van der Waals surface area contributed by atoms with E-state index in [1.54, 1.807) is 12.4 Å². The van der Waals surface area contributed by atoms with Crippen molar-refractivity contribution >= 4 is 15.9 Å². The Morgan fingerprint density at radius 2 is 2.30 bits per heavy atom. The topological polar surface area (TPSA) is 77.9 Å². The molecule has 0 radical (unpaired) electrons. The maximum atomic E-state index is 10.7. The van der Waals surface area contributed by atoms with Gasteiger partial charge in [0.15, 0.2) is 0 Å². The fourth-order valence-electron chi connectivity index (χ4n) is 2.69. The molecule has 0 saturated carbocycles. The molecule has 1 aliphatic heterocycles. The number of halogens is 1. The number of nitrogens with one attached hydrogen (secondary N) is 1. The van der Waals surface area contributed by atoms with E-state index in [1.807, 2.05) is 6.20 Å². The number of piperidine rings is 1. The summed E-state index contributed by atoms with van der Waals surface area (Å²) in [6.07, 6.45) is 6.88. The van der Waals surface area contributed by atoms with Crippen LogP contribution >= 0.6 is 15.9 Å². The van der Waals surface area contributed by atoms with E-state index in [1.165, 1.54) is 0 Å². The van der Waals surface area contributed by atoms with Crippen molar-refractivity contribution in [2.75, 3.05) is 13.1 Å². The van der Waals surface area contributed by atoms with Crippen LogP contribution in [0, 0.1) is 0 Å². The number of aliphatic hydroxyl groups is 1. The van der Waals surface area contributed by atoms with Crippen molar-refractivity contribution < 1.29 is 5.11 Å². The Kier molecular flexibility index (Phi) is 3.82. The molecule has 1 unspecified atom stereocenters. The Morgan fingerprint density at radius 3 is 3.05 bits per heavy atom. The fourth-order valence-corrected chi connectivity index (χ4v) is 3.11. The van der Waals surface area contributed by atoms with Gasteiger partial charge in [-0.15, -0.1) is 0 Å². The molecule has 0 spiro atoms. The first kappa shape index (κ1) is 13.7. The number of hydrogen-bond donors (Lipinski definition) is 2. The van der Waals surface area contributed by atoms with Gasteiger partial charge >= 0.3 is 0 Å². The predicted molar refractivity (Wildman–Crippen MR) is 76.7 cm³/mol. The molecule has 7 heteroatoms. The highest BCUT2D eigenvalue weighted by Crippen LogP contribution is 2.30. The van der Waals surface area contributed by atoms with Crippen LogP contribution in [0.1, 0.15) is 24.1 Å². The van der Waals surface area contributed by atoms with Gasteiger partial charge in [-0.2, -0.15) is 15.4 Å². The number of H-pyrrole nitrogens is 1. The average Bonchev–Trinajstić information content (AvgIpc) is 2.93. The molecule has 1 fully saturated rings. The summed E-state index contributed by atoms with van der Waals surface area (Å²) < 4.78 is 0.971. The molecule has 106 valence electrons. The first-order valence-electron chi connectivity index (χ1n) is 6.56. The highest BCUT2D eigenvalue weighted by molar-refractivity contribution is 9.10. The fraction of sp³-hybridized carbons (Fsp3) is 0.462. The molecule has 6 nitrogen and oxygen atoms in total. The summed E-state index contributed by atoms with van der Waals surface area (Å²) in [4.78, 5) is 6.40. The third kappa shape index (κ3) is 2.89.